The smallest absolute Gasteiger partial charge is 0.397 e. The Balaban J connectivity index is 2.74. The maximum Gasteiger partial charge on any atom is 0.397 e. The lowest BCUT2D eigenvalue weighted by atomic mass is 10.2. The van der Waals surface area contributed by atoms with Crippen LogP contribution in [0.2, 0.25) is 0 Å². The maximum atomic E-state index is 11.5. The molecule has 9 nitrogen and oxygen atoms in total. The first-order chi connectivity index (χ1) is 9.49. The minimum atomic E-state index is -4.63. The van der Waals surface area contributed by atoms with Gasteiger partial charge in [-0.3, -0.25) is 9.11 Å². The van der Waals surface area contributed by atoms with Crippen LogP contribution in [0.4, 0.5) is 0 Å². The molecule has 21 heavy (non-hydrogen) atoms. The average molecular weight is 360 g/mol. The molecule has 0 heterocycles. The van der Waals surface area contributed by atoms with Crippen molar-refractivity contribution in [3.63, 3.8) is 0 Å². The van der Waals surface area contributed by atoms with Crippen molar-refractivity contribution in [2.45, 2.75) is 11.8 Å². The van der Waals surface area contributed by atoms with E-state index in [0.29, 0.717) is 0 Å². The van der Waals surface area contributed by atoms with Crippen LogP contribution in [0.1, 0.15) is 5.56 Å². The minimum absolute atomic E-state index is 0.0987. The summed E-state index contributed by atoms with van der Waals surface area (Å²) in [5.41, 5.74) is 0.269. The van der Waals surface area contributed by atoms with E-state index in [1.54, 1.807) is 0 Å². The zero-order chi connectivity index (χ0) is 16.3. The molecule has 0 spiro atoms. The minimum Gasteiger partial charge on any atom is -0.400 e. The van der Waals surface area contributed by atoms with Crippen LogP contribution in [0.25, 0.3) is 0 Å². The van der Waals surface area contributed by atoms with Gasteiger partial charge in [0, 0.05) is 6.07 Å². The van der Waals surface area contributed by atoms with E-state index in [2.05, 4.69) is 4.18 Å². The molecule has 0 aliphatic heterocycles. The summed E-state index contributed by atoms with van der Waals surface area (Å²) >= 11 is -2.02. The van der Waals surface area contributed by atoms with Gasteiger partial charge in [-0.05, 0) is 18.6 Å². The Hall–Kier alpha value is -1.05. The summed E-state index contributed by atoms with van der Waals surface area (Å²) in [6.45, 7) is 0.867. The van der Waals surface area contributed by atoms with Crippen molar-refractivity contribution in [1.29, 1.82) is 0 Å². The summed E-state index contributed by atoms with van der Waals surface area (Å²) in [4.78, 5) is -0.397. The SMILES string of the molecule is Cc1ccc(OS(=O)CCOS(=O)(=O)O)cc1S(=O)(=O)O. The molecule has 1 aromatic carbocycles. The molecule has 120 valence electrons. The van der Waals surface area contributed by atoms with Gasteiger partial charge in [-0.1, -0.05) is 6.07 Å². The van der Waals surface area contributed by atoms with Crippen LogP contribution < -0.4 is 4.18 Å². The number of hydrogen-bond donors (Lipinski definition) is 2. The lowest BCUT2D eigenvalue weighted by Gasteiger charge is -2.07. The molecule has 0 saturated heterocycles. The quantitative estimate of drug-likeness (QED) is 0.647. The second-order valence-corrected chi connectivity index (χ2v) is 7.41. The Morgan fingerprint density at radius 3 is 2.33 bits per heavy atom. The van der Waals surface area contributed by atoms with Crippen molar-refractivity contribution in [2.75, 3.05) is 12.4 Å². The predicted molar refractivity (Wildman–Crippen MR) is 72.1 cm³/mol. The molecule has 12 heteroatoms. The highest BCUT2D eigenvalue weighted by Crippen LogP contribution is 2.22. The van der Waals surface area contributed by atoms with E-state index in [1.165, 1.54) is 19.1 Å². The number of hydrogen-bond acceptors (Lipinski definition) is 7. The van der Waals surface area contributed by atoms with Gasteiger partial charge in [0.1, 0.15) is 10.6 Å². The van der Waals surface area contributed by atoms with Gasteiger partial charge in [-0.25, -0.2) is 8.39 Å². The molecular weight excluding hydrogens is 348 g/mol. The van der Waals surface area contributed by atoms with Crippen LogP contribution in [0, 0.1) is 6.92 Å². The Bertz CT molecular complexity index is 736. The molecule has 2 N–H and O–H groups in total. The van der Waals surface area contributed by atoms with Gasteiger partial charge in [-0.2, -0.15) is 16.8 Å². The largest absolute Gasteiger partial charge is 0.400 e. The molecule has 1 rings (SSSR count). The van der Waals surface area contributed by atoms with Gasteiger partial charge in [0.25, 0.3) is 10.1 Å². The Kier molecular flexibility index (Phi) is 5.83. The Morgan fingerprint density at radius 1 is 1.19 bits per heavy atom. The highest BCUT2D eigenvalue weighted by molar-refractivity contribution is 7.86. The van der Waals surface area contributed by atoms with Crippen LogP contribution in [0.5, 0.6) is 5.75 Å². The van der Waals surface area contributed by atoms with Gasteiger partial charge in [0.2, 0.25) is 11.1 Å². The first kappa shape index (κ1) is 18.0. The molecule has 1 atom stereocenters. The van der Waals surface area contributed by atoms with Gasteiger partial charge in [-0.15, -0.1) is 0 Å². The molecule has 0 aliphatic rings. The first-order valence-electron chi connectivity index (χ1n) is 5.26. The molecule has 0 aliphatic carbocycles. The summed E-state index contributed by atoms with van der Waals surface area (Å²) in [6, 6.07) is 3.64. The third kappa shape index (κ3) is 6.50. The molecule has 0 fully saturated rings. The standard InChI is InChI=1S/C9H12O9S3/c1-7-2-3-8(6-9(7)20(11,12)13)18-19(10)5-4-17-21(14,15)16/h2-3,6H,4-5H2,1H3,(H,11,12,13)(H,14,15,16). The maximum absolute atomic E-state index is 11.5. The zero-order valence-electron chi connectivity index (χ0n) is 10.6. The number of aryl methyl sites for hydroxylation is 1. The second kappa shape index (κ2) is 6.81. The fourth-order valence-corrected chi connectivity index (χ4v) is 3.03. The highest BCUT2D eigenvalue weighted by atomic mass is 32.3. The molecule has 0 bridgehead atoms. The van der Waals surface area contributed by atoms with Crippen molar-refractivity contribution in [1.82, 2.24) is 0 Å². The van der Waals surface area contributed by atoms with E-state index >= 15 is 0 Å². The number of benzene rings is 1. The second-order valence-electron chi connectivity index (χ2n) is 3.74. The van der Waals surface area contributed by atoms with Crippen LogP contribution >= 0.6 is 0 Å². The Labute approximate surface area is 124 Å². The topological polar surface area (TPSA) is 144 Å². The van der Waals surface area contributed by atoms with Gasteiger partial charge in [0.05, 0.1) is 12.4 Å². The summed E-state index contributed by atoms with van der Waals surface area (Å²) in [7, 11) is -9.07. The van der Waals surface area contributed by atoms with E-state index in [9.17, 15) is 21.0 Å². The van der Waals surface area contributed by atoms with Crippen molar-refractivity contribution in [3.05, 3.63) is 23.8 Å². The summed E-state index contributed by atoms with van der Waals surface area (Å²) in [5, 5.41) is 0. The van der Waals surface area contributed by atoms with E-state index in [-0.39, 0.29) is 17.1 Å². The molecule has 0 radical (unpaired) electrons. The summed E-state index contributed by atoms with van der Waals surface area (Å²) in [6.07, 6.45) is 0. The van der Waals surface area contributed by atoms with E-state index in [1.807, 2.05) is 0 Å². The van der Waals surface area contributed by atoms with Crippen molar-refractivity contribution in [3.8, 4) is 5.75 Å². The van der Waals surface area contributed by atoms with Crippen LogP contribution in [-0.2, 0) is 35.8 Å². The molecule has 1 unspecified atom stereocenters. The van der Waals surface area contributed by atoms with Crippen LogP contribution in [0.3, 0.4) is 0 Å². The third-order valence-corrected chi connectivity index (χ3v) is 4.45. The third-order valence-electron chi connectivity index (χ3n) is 2.11. The molecule has 1 aromatic rings. The fourth-order valence-electron chi connectivity index (χ4n) is 1.27. The lowest BCUT2D eigenvalue weighted by molar-refractivity contribution is 0.283. The van der Waals surface area contributed by atoms with Gasteiger partial charge >= 0.3 is 10.4 Å². The van der Waals surface area contributed by atoms with Crippen LogP contribution in [-0.4, -0.2) is 42.5 Å². The number of rotatable bonds is 7. The van der Waals surface area contributed by atoms with E-state index in [0.717, 1.165) is 6.07 Å². The van der Waals surface area contributed by atoms with Crippen LogP contribution in [0.15, 0.2) is 23.1 Å². The molecule has 0 amide bonds. The Morgan fingerprint density at radius 2 is 1.81 bits per heavy atom. The van der Waals surface area contributed by atoms with Crippen molar-refractivity contribution >= 4 is 31.6 Å². The van der Waals surface area contributed by atoms with Crippen molar-refractivity contribution < 1.29 is 38.5 Å². The van der Waals surface area contributed by atoms with Gasteiger partial charge < -0.3 is 4.18 Å². The average Bonchev–Trinajstić information content (AvgIpc) is 2.28. The zero-order valence-corrected chi connectivity index (χ0v) is 13.1. The summed E-state index contributed by atoms with van der Waals surface area (Å²) in [5.74, 6) is -0.479. The normalized spacial score (nSPS) is 13.9. The lowest BCUT2D eigenvalue weighted by Crippen LogP contribution is -2.14. The first-order valence-corrected chi connectivity index (χ1v) is 9.30. The monoisotopic (exact) mass is 360 g/mol. The molecular formula is C9H12O9S3. The summed E-state index contributed by atoms with van der Waals surface area (Å²) < 4.78 is 80.2. The predicted octanol–water partition coefficient (Wildman–Crippen LogP) is 0.104. The van der Waals surface area contributed by atoms with E-state index in [4.69, 9.17) is 13.3 Å². The van der Waals surface area contributed by atoms with E-state index < -0.39 is 43.1 Å². The van der Waals surface area contributed by atoms with Gasteiger partial charge in [0.15, 0.2) is 0 Å². The fraction of sp³-hybridized carbons (Fsp3) is 0.333. The molecule has 0 aromatic heterocycles. The van der Waals surface area contributed by atoms with Crippen molar-refractivity contribution in [2.24, 2.45) is 0 Å². The molecule has 0 saturated carbocycles. The highest BCUT2D eigenvalue weighted by Gasteiger charge is 2.15.